The summed E-state index contributed by atoms with van der Waals surface area (Å²) >= 11 is 6.04. The molecule has 1 aliphatic carbocycles. The highest BCUT2D eigenvalue weighted by Gasteiger charge is 2.31. The van der Waals surface area contributed by atoms with Crippen molar-refractivity contribution in [3.05, 3.63) is 52.4 Å². The van der Waals surface area contributed by atoms with Gasteiger partial charge < -0.3 is 20.2 Å². The van der Waals surface area contributed by atoms with E-state index < -0.39 is 0 Å². The van der Waals surface area contributed by atoms with Gasteiger partial charge in [-0.3, -0.25) is 4.79 Å². The number of nitrogens with one attached hydrogen (secondary N) is 1. The molecule has 1 amide bonds. The molecule has 0 bridgehead atoms. The highest BCUT2D eigenvalue weighted by atomic mass is 35.5. The van der Waals surface area contributed by atoms with Crippen molar-refractivity contribution in [3.63, 3.8) is 0 Å². The van der Waals surface area contributed by atoms with Gasteiger partial charge in [-0.15, -0.1) is 0 Å². The molecule has 4 rings (SSSR count). The van der Waals surface area contributed by atoms with Gasteiger partial charge in [-0.2, -0.15) is 0 Å². The predicted octanol–water partition coefficient (Wildman–Crippen LogP) is 2.19. The summed E-state index contributed by atoms with van der Waals surface area (Å²) in [7, 11) is 0. The van der Waals surface area contributed by atoms with Gasteiger partial charge in [0.05, 0.1) is 12.5 Å². The van der Waals surface area contributed by atoms with Crippen LogP contribution in [-0.2, 0) is 11.2 Å². The fourth-order valence-electron chi connectivity index (χ4n) is 4.60. The molecule has 0 unspecified atom stereocenters. The van der Waals surface area contributed by atoms with Crippen molar-refractivity contribution in [2.75, 3.05) is 50.8 Å². The Hall–Kier alpha value is -2.22. The van der Waals surface area contributed by atoms with Gasteiger partial charge in [0.2, 0.25) is 5.91 Å². The Morgan fingerprint density at radius 2 is 1.97 bits per heavy atom. The van der Waals surface area contributed by atoms with Crippen molar-refractivity contribution in [2.24, 2.45) is 0 Å². The van der Waals surface area contributed by atoms with E-state index in [1.807, 2.05) is 29.2 Å². The zero-order chi connectivity index (χ0) is 21.8. The highest BCUT2D eigenvalue weighted by Crippen LogP contribution is 2.37. The molecule has 2 atom stereocenters. The molecule has 7 nitrogen and oxygen atoms in total. The summed E-state index contributed by atoms with van der Waals surface area (Å²) in [4.78, 5) is 26.7. The Morgan fingerprint density at radius 1 is 1.23 bits per heavy atom. The van der Waals surface area contributed by atoms with E-state index in [2.05, 4.69) is 27.1 Å². The first-order valence-corrected chi connectivity index (χ1v) is 11.4. The lowest BCUT2D eigenvalue weighted by molar-refractivity contribution is -0.133. The van der Waals surface area contributed by atoms with Gasteiger partial charge in [-0.05, 0) is 36.5 Å². The van der Waals surface area contributed by atoms with Crippen LogP contribution in [0.5, 0.6) is 0 Å². The normalized spacial score (nSPS) is 19.4. The maximum atomic E-state index is 13.4. The maximum Gasteiger partial charge on any atom is 0.231 e. The molecule has 1 saturated heterocycles. The molecule has 8 heteroatoms. The molecule has 2 aliphatic rings. The first-order valence-electron chi connectivity index (χ1n) is 11.0. The molecule has 1 aromatic heterocycles. The summed E-state index contributed by atoms with van der Waals surface area (Å²) in [5.74, 6) is 1.33. The summed E-state index contributed by atoms with van der Waals surface area (Å²) in [5, 5.41) is 12.9. The van der Waals surface area contributed by atoms with Crippen LogP contribution in [0.1, 0.15) is 42.0 Å². The number of aryl methyl sites for hydroxylation is 1. The second-order valence-corrected chi connectivity index (χ2v) is 8.78. The number of hydrogen-bond acceptors (Lipinski definition) is 6. The molecule has 0 spiro atoms. The Balaban J connectivity index is 1.45. The number of rotatable bonds is 7. The van der Waals surface area contributed by atoms with Crippen LogP contribution in [-0.4, -0.2) is 71.8 Å². The summed E-state index contributed by atoms with van der Waals surface area (Å²) < 4.78 is 0. The number of hydrogen-bond donors (Lipinski definition) is 2. The van der Waals surface area contributed by atoms with E-state index >= 15 is 0 Å². The lowest BCUT2D eigenvalue weighted by atomic mass is 9.97. The maximum absolute atomic E-state index is 13.4. The van der Waals surface area contributed by atoms with Crippen molar-refractivity contribution in [1.82, 2.24) is 20.2 Å². The van der Waals surface area contributed by atoms with Crippen molar-refractivity contribution < 1.29 is 9.90 Å². The van der Waals surface area contributed by atoms with Crippen LogP contribution in [0, 0.1) is 0 Å². The van der Waals surface area contributed by atoms with E-state index in [1.54, 1.807) is 6.33 Å². The van der Waals surface area contributed by atoms with Gasteiger partial charge in [-0.1, -0.05) is 30.7 Å². The molecule has 2 heterocycles. The first kappa shape index (κ1) is 22.0. The standard InChI is InChI=1S/C23H30ClN5O2/c1-16-2-7-20-21(16)22(27-15-26-20)28-9-11-29(12-10-28)23(31)19(14-25-8-13-30)17-3-5-18(24)6-4-17/h3-6,15-16,19,25,30H,2,7-14H2,1H3/t16-,19-/m1/s1. The Bertz CT molecular complexity index is 899. The van der Waals surface area contributed by atoms with Gasteiger partial charge in [-0.25, -0.2) is 9.97 Å². The number of carbonyl (C=O) groups excluding carboxylic acids is 1. The molecular formula is C23H30ClN5O2. The zero-order valence-electron chi connectivity index (χ0n) is 17.9. The lowest BCUT2D eigenvalue weighted by Crippen LogP contribution is -2.51. The smallest absolute Gasteiger partial charge is 0.231 e. The second kappa shape index (κ2) is 9.94. The molecule has 31 heavy (non-hydrogen) atoms. The third-order valence-corrected chi connectivity index (χ3v) is 6.60. The number of carbonyl (C=O) groups is 1. The quantitative estimate of drug-likeness (QED) is 0.638. The van der Waals surface area contributed by atoms with Gasteiger partial charge in [0, 0.05) is 55.5 Å². The lowest BCUT2D eigenvalue weighted by Gasteiger charge is -2.38. The van der Waals surface area contributed by atoms with Gasteiger partial charge >= 0.3 is 0 Å². The average Bonchev–Trinajstić information content (AvgIpc) is 3.18. The number of aliphatic hydroxyl groups excluding tert-OH is 1. The number of benzene rings is 1. The molecule has 1 aliphatic heterocycles. The molecule has 1 aromatic carbocycles. The van der Waals surface area contributed by atoms with Crippen LogP contribution in [0.2, 0.25) is 5.02 Å². The molecular weight excluding hydrogens is 414 g/mol. The minimum atomic E-state index is -0.307. The highest BCUT2D eigenvalue weighted by molar-refractivity contribution is 6.30. The molecule has 2 aromatic rings. The third-order valence-electron chi connectivity index (χ3n) is 6.35. The number of fused-ring (bicyclic) bond motifs is 1. The number of aliphatic hydroxyl groups is 1. The summed E-state index contributed by atoms with van der Waals surface area (Å²) in [6, 6.07) is 7.46. The van der Waals surface area contributed by atoms with Crippen LogP contribution < -0.4 is 10.2 Å². The Morgan fingerprint density at radius 3 is 2.68 bits per heavy atom. The molecule has 2 N–H and O–H groups in total. The Labute approximate surface area is 188 Å². The number of halogens is 1. The number of nitrogens with zero attached hydrogens (tertiary/aromatic N) is 4. The predicted molar refractivity (Wildman–Crippen MR) is 122 cm³/mol. The van der Waals surface area contributed by atoms with Crippen molar-refractivity contribution in [2.45, 2.75) is 31.6 Å². The third kappa shape index (κ3) is 4.84. The molecule has 0 saturated carbocycles. The van der Waals surface area contributed by atoms with E-state index in [-0.39, 0.29) is 18.4 Å². The summed E-state index contributed by atoms with van der Waals surface area (Å²) in [6.07, 6.45) is 3.82. The fourth-order valence-corrected chi connectivity index (χ4v) is 4.73. The minimum absolute atomic E-state index is 0.0435. The number of anilines is 1. The van der Waals surface area contributed by atoms with Crippen molar-refractivity contribution >= 4 is 23.3 Å². The van der Waals surface area contributed by atoms with Crippen LogP contribution in [0.15, 0.2) is 30.6 Å². The second-order valence-electron chi connectivity index (χ2n) is 8.34. The van der Waals surface area contributed by atoms with Crippen LogP contribution >= 0.6 is 11.6 Å². The van der Waals surface area contributed by atoms with Crippen molar-refractivity contribution in [1.29, 1.82) is 0 Å². The van der Waals surface area contributed by atoms with Gasteiger partial charge in [0.1, 0.15) is 12.1 Å². The molecule has 0 radical (unpaired) electrons. The van der Waals surface area contributed by atoms with Gasteiger partial charge in [0.15, 0.2) is 0 Å². The topological polar surface area (TPSA) is 81.6 Å². The minimum Gasteiger partial charge on any atom is -0.395 e. The number of piperazine rings is 1. The average molecular weight is 444 g/mol. The van der Waals surface area contributed by atoms with E-state index in [1.165, 1.54) is 11.3 Å². The monoisotopic (exact) mass is 443 g/mol. The van der Waals surface area contributed by atoms with E-state index in [0.717, 1.165) is 37.3 Å². The van der Waals surface area contributed by atoms with Gasteiger partial charge in [0.25, 0.3) is 0 Å². The molecule has 166 valence electrons. The fraction of sp³-hybridized carbons (Fsp3) is 0.522. The summed E-state index contributed by atoms with van der Waals surface area (Å²) in [5.41, 5.74) is 3.40. The van der Waals surface area contributed by atoms with Crippen LogP contribution in [0.3, 0.4) is 0 Å². The first-order chi connectivity index (χ1) is 15.1. The van der Waals surface area contributed by atoms with Crippen LogP contribution in [0.25, 0.3) is 0 Å². The SMILES string of the molecule is C[C@@H]1CCc2ncnc(N3CCN(C(=O)[C@H](CNCCO)c4ccc(Cl)cc4)CC3)c21. The molecule has 1 fully saturated rings. The number of amides is 1. The van der Waals surface area contributed by atoms with Crippen molar-refractivity contribution in [3.8, 4) is 0 Å². The zero-order valence-corrected chi connectivity index (χ0v) is 18.7. The Kier molecular flexibility index (Phi) is 7.05. The number of aromatic nitrogens is 2. The summed E-state index contributed by atoms with van der Waals surface area (Å²) in [6.45, 7) is 6.08. The van der Waals surface area contributed by atoms with Crippen LogP contribution in [0.4, 0.5) is 5.82 Å². The van der Waals surface area contributed by atoms with E-state index in [0.29, 0.717) is 37.1 Å². The van der Waals surface area contributed by atoms with E-state index in [4.69, 9.17) is 16.7 Å². The van der Waals surface area contributed by atoms with E-state index in [9.17, 15) is 4.79 Å². The largest absolute Gasteiger partial charge is 0.395 e.